The quantitative estimate of drug-likeness (QED) is 0.571. The first-order valence-electron chi connectivity index (χ1n) is 7.39. The van der Waals surface area contributed by atoms with E-state index in [4.69, 9.17) is 5.73 Å². The summed E-state index contributed by atoms with van der Waals surface area (Å²) in [7, 11) is 0. The molecule has 110 valence electrons. The second-order valence-electron chi connectivity index (χ2n) is 5.84. The molecule has 2 N–H and O–H groups in total. The summed E-state index contributed by atoms with van der Waals surface area (Å²) in [5, 5.41) is 4.62. The number of thiazole rings is 1. The van der Waals surface area contributed by atoms with Gasteiger partial charge in [-0.1, -0.05) is 50.2 Å². The maximum atomic E-state index is 6.34. The summed E-state index contributed by atoms with van der Waals surface area (Å²) in [6.45, 7) is 4.25. The van der Waals surface area contributed by atoms with Gasteiger partial charge in [0.15, 0.2) is 4.96 Å². The summed E-state index contributed by atoms with van der Waals surface area (Å²) < 4.78 is 2.07. The van der Waals surface area contributed by atoms with Crippen molar-refractivity contribution < 1.29 is 0 Å². The highest BCUT2D eigenvalue weighted by Crippen LogP contribution is 2.33. The molecule has 4 heteroatoms. The number of aromatic nitrogens is 2. The zero-order valence-corrected chi connectivity index (χ0v) is 13.4. The van der Waals surface area contributed by atoms with Crippen LogP contribution in [0.4, 0.5) is 5.82 Å². The molecule has 0 spiro atoms. The van der Waals surface area contributed by atoms with Gasteiger partial charge in [-0.3, -0.25) is 4.40 Å². The Morgan fingerprint density at radius 2 is 1.86 bits per heavy atom. The second kappa shape index (κ2) is 4.85. The number of nitrogens with two attached hydrogens (primary N) is 1. The van der Waals surface area contributed by atoms with Gasteiger partial charge in [0.05, 0.1) is 11.4 Å². The fraction of sp³-hybridized carbons (Fsp3) is 0.167. The Morgan fingerprint density at radius 3 is 2.64 bits per heavy atom. The zero-order valence-electron chi connectivity index (χ0n) is 12.6. The van der Waals surface area contributed by atoms with Gasteiger partial charge in [0.1, 0.15) is 5.82 Å². The van der Waals surface area contributed by atoms with Crippen LogP contribution in [0.3, 0.4) is 0 Å². The Kier molecular flexibility index (Phi) is 2.94. The Bertz CT molecular complexity index is 979. The molecule has 4 aromatic rings. The molecule has 2 aromatic heterocycles. The van der Waals surface area contributed by atoms with Gasteiger partial charge in [0.25, 0.3) is 0 Å². The van der Waals surface area contributed by atoms with Gasteiger partial charge in [-0.2, -0.15) is 0 Å². The largest absolute Gasteiger partial charge is 0.383 e. The van der Waals surface area contributed by atoms with E-state index < -0.39 is 0 Å². The molecular formula is C18H17N3S. The highest BCUT2D eigenvalue weighted by Gasteiger charge is 2.17. The predicted molar refractivity (Wildman–Crippen MR) is 94.5 cm³/mol. The number of hydrogen-bond acceptors (Lipinski definition) is 3. The normalized spacial score (nSPS) is 11.8. The minimum Gasteiger partial charge on any atom is -0.383 e. The molecule has 0 amide bonds. The molecule has 2 heterocycles. The number of hydrogen-bond donors (Lipinski definition) is 1. The van der Waals surface area contributed by atoms with Crippen molar-refractivity contribution in [2.75, 3.05) is 5.73 Å². The van der Waals surface area contributed by atoms with Crippen LogP contribution in [0.5, 0.6) is 0 Å². The number of anilines is 1. The number of nitrogen functional groups attached to an aromatic ring is 1. The van der Waals surface area contributed by atoms with Crippen LogP contribution in [0.2, 0.25) is 0 Å². The Hall–Kier alpha value is -2.33. The Labute approximate surface area is 133 Å². The van der Waals surface area contributed by atoms with Crippen molar-refractivity contribution >= 4 is 32.9 Å². The summed E-state index contributed by atoms with van der Waals surface area (Å²) in [6, 6.07) is 14.9. The van der Waals surface area contributed by atoms with Crippen molar-refractivity contribution in [3.63, 3.8) is 0 Å². The maximum Gasteiger partial charge on any atom is 0.196 e. The van der Waals surface area contributed by atoms with Crippen LogP contribution in [0, 0.1) is 0 Å². The number of rotatable bonds is 2. The highest BCUT2D eigenvalue weighted by molar-refractivity contribution is 7.15. The monoisotopic (exact) mass is 307 g/mol. The van der Waals surface area contributed by atoms with Crippen molar-refractivity contribution in [1.29, 1.82) is 0 Å². The van der Waals surface area contributed by atoms with Crippen molar-refractivity contribution in [2.45, 2.75) is 19.8 Å². The molecule has 0 aliphatic rings. The number of imidazole rings is 1. The molecule has 22 heavy (non-hydrogen) atoms. The molecule has 0 aliphatic heterocycles. The van der Waals surface area contributed by atoms with E-state index in [-0.39, 0.29) is 0 Å². The zero-order chi connectivity index (χ0) is 15.3. The van der Waals surface area contributed by atoms with Crippen molar-refractivity contribution in [2.24, 2.45) is 0 Å². The summed E-state index contributed by atoms with van der Waals surface area (Å²) in [6.07, 6.45) is 0. The lowest BCUT2D eigenvalue weighted by Gasteiger charge is -2.06. The van der Waals surface area contributed by atoms with E-state index in [1.54, 1.807) is 11.3 Å². The molecule has 0 bridgehead atoms. The van der Waals surface area contributed by atoms with Gasteiger partial charge in [-0.05, 0) is 22.8 Å². The third kappa shape index (κ3) is 1.91. The van der Waals surface area contributed by atoms with E-state index in [1.165, 1.54) is 16.3 Å². The molecule has 4 rings (SSSR count). The Morgan fingerprint density at radius 1 is 1.09 bits per heavy atom. The lowest BCUT2D eigenvalue weighted by atomic mass is 10.1. The van der Waals surface area contributed by atoms with Crippen LogP contribution in [-0.4, -0.2) is 9.38 Å². The number of benzene rings is 2. The van der Waals surface area contributed by atoms with Crippen molar-refractivity contribution in [1.82, 2.24) is 9.38 Å². The molecule has 0 unspecified atom stereocenters. The van der Waals surface area contributed by atoms with Crippen LogP contribution >= 0.6 is 11.3 Å². The summed E-state index contributed by atoms with van der Waals surface area (Å²) >= 11 is 1.64. The molecule has 0 saturated heterocycles. The molecular weight excluding hydrogens is 290 g/mol. The molecule has 0 radical (unpaired) electrons. The first-order valence-corrected chi connectivity index (χ1v) is 8.27. The van der Waals surface area contributed by atoms with E-state index >= 15 is 0 Å². The van der Waals surface area contributed by atoms with Crippen LogP contribution in [0.15, 0.2) is 47.8 Å². The summed E-state index contributed by atoms with van der Waals surface area (Å²) in [4.78, 5) is 5.64. The fourth-order valence-corrected chi connectivity index (χ4v) is 3.78. The predicted octanol–water partition coefficient (Wildman–Crippen LogP) is 4.92. The van der Waals surface area contributed by atoms with Gasteiger partial charge in [0.2, 0.25) is 0 Å². The van der Waals surface area contributed by atoms with Crippen LogP contribution in [0.25, 0.3) is 27.0 Å². The van der Waals surface area contributed by atoms with E-state index in [0.29, 0.717) is 5.92 Å². The van der Waals surface area contributed by atoms with Gasteiger partial charge >= 0.3 is 0 Å². The number of nitrogens with zero attached hydrogens (tertiary/aromatic N) is 2. The highest BCUT2D eigenvalue weighted by atomic mass is 32.1. The standard InChI is InChI=1S/C18H17N3S/c1-11(2)16-17(19)21-15(10-22-18(21)20-16)14-8-7-12-5-3-4-6-13(12)9-14/h3-11H,19H2,1-2H3. The van der Waals surface area contributed by atoms with Crippen LogP contribution < -0.4 is 5.73 Å². The first-order chi connectivity index (χ1) is 10.6. The SMILES string of the molecule is CC(C)c1nc2scc(-c3ccc4ccccc4c3)n2c1N. The molecule has 0 atom stereocenters. The second-order valence-corrected chi connectivity index (χ2v) is 6.67. The van der Waals surface area contributed by atoms with E-state index in [0.717, 1.165) is 22.2 Å². The van der Waals surface area contributed by atoms with E-state index in [2.05, 4.69) is 71.1 Å². The third-order valence-corrected chi connectivity index (χ3v) is 4.85. The van der Waals surface area contributed by atoms with Gasteiger partial charge in [-0.15, -0.1) is 11.3 Å². The topological polar surface area (TPSA) is 43.3 Å². The number of fused-ring (bicyclic) bond motifs is 2. The van der Waals surface area contributed by atoms with Gasteiger partial charge in [0, 0.05) is 10.9 Å². The minimum absolute atomic E-state index is 0.330. The van der Waals surface area contributed by atoms with E-state index in [1.807, 2.05) is 0 Å². The summed E-state index contributed by atoms with van der Waals surface area (Å²) in [5.41, 5.74) is 9.61. The fourth-order valence-electron chi connectivity index (χ4n) is 2.87. The lowest BCUT2D eigenvalue weighted by molar-refractivity contribution is 0.838. The maximum absolute atomic E-state index is 6.34. The van der Waals surface area contributed by atoms with Crippen molar-refractivity contribution in [3.8, 4) is 11.3 Å². The molecule has 3 nitrogen and oxygen atoms in total. The third-order valence-electron chi connectivity index (χ3n) is 4.02. The first kappa shape index (κ1) is 13.3. The molecule has 0 aliphatic carbocycles. The van der Waals surface area contributed by atoms with Crippen molar-refractivity contribution in [3.05, 3.63) is 53.5 Å². The molecule has 0 saturated carbocycles. The smallest absolute Gasteiger partial charge is 0.196 e. The van der Waals surface area contributed by atoms with Gasteiger partial charge in [-0.25, -0.2) is 4.98 Å². The van der Waals surface area contributed by atoms with Gasteiger partial charge < -0.3 is 5.73 Å². The minimum atomic E-state index is 0.330. The molecule has 0 fully saturated rings. The van der Waals surface area contributed by atoms with Crippen LogP contribution in [0.1, 0.15) is 25.5 Å². The lowest BCUT2D eigenvalue weighted by Crippen LogP contribution is -1.98. The average Bonchev–Trinajstić information content (AvgIpc) is 3.07. The summed E-state index contributed by atoms with van der Waals surface area (Å²) in [5.74, 6) is 1.09. The molecule has 2 aromatic carbocycles. The average molecular weight is 307 g/mol. The van der Waals surface area contributed by atoms with E-state index in [9.17, 15) is 0 Å². The van der Waals surface area contributed by atoms with Crippen LogP contribution in [-0.2, 0) is 0 Å². The Balaban J connectivity index is 1.95.